The van der Waals surface area contributed by atoms with Gasteiger partial charge < -0.3 is 40.4 Å². The molecule has 1 heterocycles. The minimum Gasteiger partial charge on any atom is -0.633 e. The van der Waals surface area contributed by atoms with Gasteiger partial charge in [-0.3, -0.25) is 14.4 Å². The molecule has 0 spiro atoms. The van der Waals surface area contributed by atoms with Crippen LogP contribution in [-0.4, -0.2) is 85.3 Å². The Morgan fingerprint density at radius 3 is 1.69 bits per heavy atom. The lowest BCUT2D eigenvalue weighted by Gasteiger charge is -2.34. The van der Waals surface area contributed by atoms with E-state index < -0.39 is 37.7 Å². The molecular formula is C21H27N5O6. The summed E-state index contributed by atoms with van der Waals surface area (Å²) in [6.45, 7) is 0.857. The Balaban J connectivity index is 2.09. The number of carbonyl (C=O) groups is 2. The second-order valence-electron chi connectivity index (χ2n) is 8.77. The number of anilines is 2. The molecule has 0 saturated heterocycles. The van der Waals surface area contributed by atoms with Crippen molar-refractivity contribution in [3.63, 3.8) is 0 Å². The number of hydrogen-bond acceptors (Lipinski definition) is 8. The van der Waals surface area contributed by atoms with E-state index in [4.69, 9.17) is 0 Å². The summed E-state index contributed by atoms with van der Waals surface area (Å²) in [5, 5.41) is 40.0. The molecule has 0 amide bonds. The number of likely N-dealkylation sites (N-methyl/N-ethyl adjacent to an activating group) is 2. The van der Waals surface area contributed by atoms with Crippen molar-refractivity contribution in [2.75, 3.05) is 65.0 Å². The Kier molecular flexibility index (Phi) is 6.11. The summed E-state index contributed by atoms with van der Waals surface area (Å²) in [5.74, 6) is -1.90. The van der Waals surface area contributed by atoms with E-state index in [0.717, 1.165) is 6.20 Å². The van der Waals surface area contributed by atoms with Gasteiger partial charge in [0.2, 0.25) is 11.6 Å². The van der Waals surface area contributed by atoms with E-state index in [0.29, 0.717) is 11.4 Å². The second kappa shape index (κ2) is 8.36. The molecule has 3 rings (SSSR count). The number of benzene rings is 1. The second-order valence-corrected chi connectivity index (χ2v) is 8.77. The molecule has 11 nitrogen and oxygen atoms in total. The average Bonchev–Trinajstić information content (AvgIpc) is 2.66. The molecule has 1 aliphatic rings. The van der Waals surface area contributed by atoms with Crippen LogP contribution in [-0.2, 0) is 0 Å². The molecule has 1 aromatic heterocycles. The Labute approximate surface area is 184 Å². The number of H-pyrrole nitrogens is 1. The molecular weight excluding hydrogens is 418 g/mol. The zero-order valence-corrected chi connectivity index (χ0v) is 18.4. The lowest BCUT2D eigenvalue weighted by atomic mass is 9.82. The molecule has 0 saturated carbocycles. The first-order chi connectivity index (χ1) is 14.8. The van der Waals surface area contributed by atoms with Crippen LogP contribution < -0.4 is 16.2 Å². The van der Waals surface area contributed by atoms with Crippen LogP contribution in [0.3, 0.4) is 0 Å². The summed E-state index contributed by atoms with van der Waals surface area (Å²) in [6.07, 6.45) is 0.970. The molecule has 1 aromatic carbocycles. The van der Waals surface area contributed by atoms with Crippen molar-refractivity contribution < 1.29 is 24.0 Å². The van der Waals surface area contributed by atoms with Crippen molar-refractivity contribution in [3.8, 4) is 5.75 Å². The van der Waals surface area contributed by atoms with E-state index in [9.17, 15) is 29.9 Å². The first kappa shape index (κ1) is 23.4. The molecule has 4 N–H and O–H groups in total. The molecule has 172 valence electrons. The quantitative estimate of drug-likeness (QED) is 0.293. The molecule has 0 unspecified atom stereocenters. The molecule has 11 heteroatoms. The molecule has 0 bridgehead atoms. The number of hydrogen-bond donors (Lipinski definition) is 4. The fourth-order valence-electron chi connectivity index (χ4n) is 3.50. The first-order valence-electron chi connectivity index (χ1n) is 10.1. The van der Waals surface area contributed by atoms with Crippen LogP contribution in [0, 0.1) is 10.4 Å². The zero-order valence-electron chi connectivity index (χ0n) is 18.4. The number of quaternary nitrogens is 2. The smallest absolute Gasteiger partial charge is 0.260 e. The Morgan fingerprint density at radius 2 is 1.25 bits per heavy atom. The molecule has 0 aliphatic heterocycles. The number of nitrogens with one attached hydrogen (secondary N) is 3. The van der Waals surface area contributed by atoms with Crippen molar-refractivity contribution in [2.24, 2.45) is 0 Å². The van der Waals surface area contributed by atoms with Gasteiger partial charge in [-0.1, -0.05) is 0 Å². The van der Waals surface area contributed by atoms with Crippen molar-refractivity contribution in [2.45, 2.75) is 0 Å². The number of rotatable bonds is 8. The van der Waals surface area contributed by atoms with Crippen molar-refractivity contribution in [1.82, 2.24) is 4.98 Å². The third-order valence-corrected chi connectivity index (χ3v) is 5.12. The normalized spacial score (nSPS) is 13.6. The molecule has 0 atom stereocenters. The summed E-state index contributed by atoms with van der Waals surface area (Å²) in [5.41, 5.74) is -0.984. The van der Waals surface area contributed by atoms with Gasteiger partial charge in [0, 0.05) is 17.6 Å². The summed E-state index contributed by atoms with van der Waals surface area (Å²) >= 11 is 0. The van der Waals surface area contributed by atoms with Gasteiger partial charge in [0.1, 0.15) is 11.3 Å². The van der Waals surface area contributed by atoms with Crippen molar-refractivity contribution >= 4 is 22.9 Å². The molecule has 32 heavy (non-hydrogen) atoms. The van der Waals surface area contributed by atoms with Gasteiger partial charge in [0.15, 0.2) is 0 Å². The SMILES string of the molecule is C[N+](C)([O-])CCNc1ccc(NCC[N+](C)(C)[O-])c2c1C(=O)c1c(O)c[nH]c(=O)c1C2=O. The topological polar surface area (TPSA) is 157 Å². The molecule has 2 aromatic rings. The van der Waals surface area contributed by atoms with Gasteiger partial charge in [0.25, 0.3) is 5.56 Å². The number of pyridine rings is 1. The third kappa shape index (κ3) is 4.81. The number of nitrogens with zero attached hydrogens (tertiary/aromatic N) is 2. The summed E-state index contributed by atoms with van der Waals surface area (Å²) in [4.78, 5) is 41.3. The van der Waals surface area contributed by atoms with Gasteiger partial charge in [-0.15, -0.1) is 0 Å². The lowest BCUT2D eigenvalue weighted by molar-refractivity contribution is -0.838. The minimum absolute atomic E-state index is 0.000443. The summed E-state index contributed by atoms with van der Waals surface area (Å²) < 4.78 is -1.11. The van der Waals surface area contributed by atoms with Gasteiger partial charge >= 0.3 is 0 Å². The van der Waals surface area contributed by atoms with Gasteiger partial charge in [0.05, 0.1) is 71.1 Å². The zero-order chi connectivity index (χ0) is 23.8. The highest BCUT2D eigenvalue weighted by Crippen LogP contribution is 2.37. The number of aromatic hydroxyl groups is 1. The fraction of sp³-hybridized carbons (Fsp3) is 0.381. The highest BCUT2D eigenvalue weighted by molar-refractivity contribution is 6.32. The Hall–Kier alpha value is -3.25. The van der Waals surface area contributed by atoms with Gasteiger partial charge in [-0.2, -0.15) is 0 Å². The van der Waals surface area contributed by atoms with Crippen LogP contribution >= 0.6 is 0 Å². The van der Waals surface area contributed by atoms with E-state index in [-0.39, 0.29) is 42.9 Å². The highest BCUT2D eigenvalue weighted by Gasteiger charge is 2.38. The molecule has 1 aliphatic carbocycles. The largest absolute Gasteiger partial charge is 0.633 e. The van der Waals surface area contributed by atoms with Crippen LogP contribution in [0.2, 0.25) is 0 Å². The Bertz CT molecular complexity index is 1130. The standard InChI is InChI=1S/C21H27N5O6/c1-25(2,31)9-7-22-12-5-6-13(23-8-10-26(3,4)32)16-15(12)19(28)17-14(27)11-24-21(30)18(17)20(16)29/h5-6,11,22-23,27H,7-10H2,1-4H3,(H,24,30). The maximum absolute atomic E-state index is 13.3. The van der Waals surface area contributed by atoms with Crippen LogP contribution in [0.15, 0.2) is 23.1 Å². The van der Waals surface area contributed by atoms with Gasteiger partial charge in [-0.05, 0) is 12.1 Å². The number of carbonyl (C=O) groups excluding carboxylic acids is 2. The van der Waals surface area contributed by atoms with Gasteiger partial charge in [-0.25, -0.2) is 0 Å². The van der Waals surface area contributed by atoms with Crippen molar-refractivity contribution in [3.05, 3.63) is 61.4 Å². The van der Waals surface area contributed by atoms with E-state index in [1.165, 1.54) is 28.2 Å². The number of aromatic nitrogens is 1. The third-order valence-electron chi connectivity index (χ3n) is 5.12. The van der Waals surface area contributed by atoms with Crippen LogP contribution in [0.5, 0.6) is 5.75 Å². The van der Waals surface area contributed by atoms with Crippen LogP contribution in [0.25, 0.3) is 0 Å². The number of fused-ring (bicyclic) bond motifs is 2. The highest BCUT2D eigenvalue weighted by atomic mass is 16.5. The van der Waals surface area contributed by atoms with E-state index >= 15 is 0 Å². The predicted molar refractivity (Wildman–Crippen MR) is 120 cm³/mol. The van der Waals surface area contributed by atoms with Crippen molar-refractivity contribution in [1.29, 1.82) is 0 Å². The average molecular weight is 445 g/mol. The Morgan fingerprint density at radius 1 is 0.812 bits per heavy atom. The predicted octanol–water partition coefficient (Wildman–Crippen LogP) is 0.828. The number of hydroxylamine groups is 6. The van der Waals surface area contributed by atoms with E-state index in [2.05, 4.69) is 15.6 Å². The van der Waals surface area contributed by atoms with Crippen LogP contribution in [0.1, 0.15) is 31.8 Å². The minimum atomic E-state index is -0.783. The van der Waals surface area contributed by atoms with E-state index in [1.54, 1.807) is 12.1 Å². The maximum Gasteiger partial charge on any atom is 0.260 e. The molecule has 0 radical (unpaired) electrons. The van der Waals surface area contributed by atoms with Crippen LogP contribution in [0.4, 0.5) is 11.4 Å². The lowest BCUT2D eigenvalue weighted by Crippen LogP contribution is -2.37. The number of aromatic amines is 1. The molecule has 0 fully saturated rings. The van der Waals surface area contributed by atoms with E-state index in [1.807, 2.05) is 0 Å². The number of ketones is 2. The monoisotopic (exact) mass is 445 g/mol. The summed E-state index contributed by atoms with van der Waals surface area (Å²) in [6, 6.07) is 3.17. The summed E-state index contributed by atoms with van der Waals surface area (Å²) in [7, 11) is 5.92. The fourth-order valence-corrected chi connectivity index (χ4v) is 3.50. The maximum atomic E-state index is 13.3. The first-order valence-corrected chi connectivity index (χ1v) is 10.1.